The summed E-state index contributed by atoms with van der Waals surface area (Å²) < 4.78 is 24.6. The van der Waals surface area contributed by atoms with Crippen LogP contribution in [0.2, 0.25) is 5.02 Å². The zero-order valence-electron chi connectivity index (χ0n) is 12.6. The molecule has 7 heteroatoms. The van der Waals surface area contributed by atoms with Gasteiger partial charge in [-0.15, -0.1) is 0 Å². The zero-order chi connectivity index (χ0) is 16.3. The summed E-state index contributed by atoms with van der Waals surface area (Å²) in [5.41, 5.74) is 2.06. The molecule has 0 saturated heterocycles. The molecule has 0 bridgehead atoms. The SMILES string of the molecule is CN(C)S(=O)(=O)CC(=O)N1CC=C(c2ccccc2Cl)CC1. The van der Waals surface area contributed by atoms with Gasteiger partial charge in [-0.25, -0.2) is 12.7 Å². The van der Waals surface area contributed by atoms with Gasteiger partial charge >= 0.3 is 0 Å². The van der Waals surface area contributed by atoms with Crippen molar-refractivity contribution < 1.29 is 13.2 Å². The van der Waals surface area contributed by atoms with Crippen LogP contribution in [0.1, 0.15) is 12.0 Å². The minimum Gasteiger partial charge on any atom is -0.338 e. The van der Waals surface area contributed by atoms with Crippen LogP contribution in [0.15, 0.2) is 30.3 Å². The van der Waals surface area contributed by atoms with E-state index in [-0.39, 0.29) is 5.91 Å². The molecule has 0 radical (unpaired) electrons. The van der Waals surface area contributed by atoms with Gasteiger partial charge in [0.05, 0.1) is 0 Å². The maximum Gasteiger partial charge on any atom is 0.239 e. The first-order valence-corrected chi connectivity index (χ1v) is 8.92. The third-order valence-corrected chi connectivity index (χ3v) is 5.70. The van der Waals surface area contributed by atoms with E-state index in [0.29, 0.717) is 24.5 Å². The number of hydrogen-bond donors (Lipinski definition) is 0. The Morgan fingerprint density at radius 1 is 1.32 bits per heavy atom. The van der Waals surface area contributed by atoms with Gasteiger partial charge in [-0.2, -0.15) is 0 Å². The highest BCUT2D eigenvalue weighted by Crippen LogP contribution is 2.28. The van der Waals surface area contributed by atoms with Crippen molar-refractivity contribution >= 4 is 33.1 Å². The van der Waals surface area contributed by atoms with E-state index in [4.69, 9.17) is 11.6 Å². The van der Waals surface area contributed by atoms with Crippen molar-refractivity contribution in [1.82, 2.24) is 9.21 Å². The third kappa shape index (κ3) is 3.88. The van der Waals surface area contributed by atoms with E-state index in [2.05, 4.69) is 0 Å². The molecule has 0 aliphatic carbocycles. The Morgan fingerprint density at radius 3 is 2.55 bits per heavy atom. The number of amides is 1. The van der Waals surface area contributed by atoms with Crippen LogP contribution in [-0.4, -0.2) is 56.5 Å². The summed E-state index contributed by atoms with van der Waals surface area (Å²) in [6.07, 6.45) is 2.60. The van der Waals surface area contributed by atoms with Gasteiger partial charge in [0.15, 0.2) is 0 Å². The number of carbonyl (C=O) groups is 1. The van der Waals surface area contributed by atoms with Crippen LogP contribution in [0, 0.1) is 0 Å². The summed E-state index contributed by atoms with van der Waals surface area (Å²) in [4.78, 5) is 13.6. The lowest BCUT2D eigenvalue weighted by Crippen LogP contribution is -2.41. The molecule has 120 valence electrons. The predicted molar refractivity (Wildman–Crippen MR) is 88.1 cm³/mol. The number of sulfonamides is 1. The number of carbonyl (C=O) groups excluding carboxylic acids is 1. The monoisotopic (exact) mass is 342 g/mol. The number of benzene rings is 1. The van der Waals surface area contributed by atoms with Gasteiger partial charge in [-0.3, -0.25) is 4.79 Å². The number of nitrogens with zero attached hydrogens (tertiary/aromatic N) is 2. The van der Waals surface area contributed by atoms with Crippen LogP contribution in [0.25, 0.3) is 5.57 Å². The van der Waals surface area contributed by atoms with Gasteiger partial charge in [0.1, 0.15) is 5.75 Å². The van der Waals surface area contributed by atoms with Gasteiger partial charge in [0.2, 0.25) is 15.9 Å². The molecule has 1 aliphatic heterocycles. The summed E-state index contributed by atoms with van der Waals surface area (Å²) in [6, 6.07) is 7.57. The minimum atomic E-state index is -3.52. The first kappa shape index (κ1) is 17.0. The average molecular weight is 343 g/mol. The lowest BCUT2D eigenvalue weighted by Gasteiger charge is -2.27. The Hall–Kier alpha value is -1.37. The van der Waals surface area contributed by atoms with Gasteiger partial charge in [-0.1, -0.05) is 35.9 Å². The average Bonchev–Trinajstić information content (AvgIpc) is 2.47. The molecule has 2 rings (SSSR count). The summed E-state index contributed by atoms with van der Waals surface area (Å²) >= 11 is 6.17. The molecule has 1 aromatic rings. The van der Waals surface area contributed by atoms with Crippen molar-refractivity contribution in [3.05, 3.63) is 40.9 Å². The van der Waals surface area contributed by atoms with Gasteiger partial charge < -0.3 is 4.90 Å². The van der Waals surface area contributed by atoms with Crippen molar-refractivity contribution in [3.8, 4) is 0 Å². The normalized spacial score (nSPS) is 15.8. The molecule has 22 heavy (non-hydrogen) atoms. The van der Waals surface area contributed by atoms with E-state index in [1.807, 2.05) is 30.3 Å². The van der Waals surface area contributed by atoms with Gasteiger partial charge in [0, 0.05) is 32.2 Å². The van der Waals surface area contributed by atoms with Crippen molar-refractivity contribution in [1.29, 1.82) is 0 Å². The third-order valence-electron chi connectivity index (χ3n) is 3.64. The Bertz CT molecular complexity index is 698. The quantitative estimate of drug-likeness (QED) is 0.839. The lowest BCUT2D eigenvalue weighted by atomic mass is 9.99. The fourth-order valence-corrected chi connectivity index (χ4v) is 3.25. The topological polar surface area (TPSA) is 57.7 Å². The molecule has 0 N–H and O–H groups in total. The highest BCUT2D eigenvalue weighted by atomic mass is 35.5. The first-order chi connectivity index (χ1) is 10.3. The molecule has 1 heterocycles. The van der Waals surface area contributed by atoms with Crippen LogP contribution in [0.4, 0.5) is 0 Å². The summed E-state index contributed by atoms with van der Waals surface area (Å²) in [6.45, 7) is 0.904. The van der Waals surface area contributed by atoms with E-state index in [1.54, 1.807) is 4.90 Å². The van der Waals surface area contributed by atoms with E-state index in [0.717, 1.165) is 15.4 Å². The Labute approximate surface area is 136 Å². The smallest absolute Gasteiger partial charge is 0.239 e. The molecule has 0 saturated carbocycles. The molecule has 0 spiro atoms. The fraction of sp³-hybridized carbons (Fsp3) is 0.400. The Balaban J connectivity index is 2.05. The molecule has 1 aromatic carbocycles. The standard InChI is InChI=1S/C15H19ClN2O3S/c1-17(2)22(20,21)11-15(19)18-9-7-12(8-10-18)13-5-3-4-6-14(13)16/h3-7H,8-11H2,1-2H3. The fourth-order valence-electron chi connectivity index (χ4n) is 2.24. The maximum atomic E-state index is 12.1. The van der Waals surface area contributed by atoms with Crippen LogP contribution in [0.5, 0.6) is 0 Å². The molecule has 1 amide bonds. The summed E-state index contributed by atoms with van der Waals surface area (Å²) in [7, 11) is -0.669. The van der Waals surface area contributed by atoms with E-state index in [9.17, 15) is 13.2 Å². The second kappa shape index (κ2) is 6.81. The molecule has 0 atom stereocenters. The Kier molecular flexibility index (Phi) is 5.26. The molecule has 0 aromatic heterocycles. The highest BCUT2D eigenvalue weighted by Gasteiger charge is 2.25. The largest absolute Gasteiger partial charge is 0.338 e. The molecule has 0 fully saturated rings. The number of halogens is 1. The number of hydrogen-bond acceptors (Lipinski definition) is 3. The van der Waals surface area contributed by atoms with Crippen molar-refractivity contribution in [2.75, 3.05) is 32.9 Å². The second-order valence-corrected chi connectivity index (χ2v) is 7.93. The zero-order valence-corrected chi connectivity index (χ0v) is 14.2. The minimum absolute atomic E-state index is 0.372. The van der Waals surface area contributed by atoms with Crippen molar-refractivity contribution in [2.24, 2.45) is 0 Å². The Morgan fingerprint density at radius 2 is 2.00 bits per heavy atom. The van der Waals surface area contributed by atoms with Crippen LogP contribution in [0.3, 0.4) is 0 Å². The summed E-state index contributed by atoms with van der Waals surface area (Å²) in [5, 5.41) is 0.684. The molecular formula is C15H19ClN2O3S. The highest BCUT2D eigenvalue weighted by molar-refractivity contribution is 7.89. The van der Waals surface area contributed by atoms with Crippen LogP contribution in [-0.2, 0) is 14.8 Å². The number of rotatable bonds is 4. The second-order valence-electron chi connectivity index (χ2n) is 5.34. The maximum absolute atomic E-state index is 12.1. The van der Waals surface area contributed by atoms with Crippen molar-refractivity contribution in [3.63, 3.8) is 0 Å². The predicted octanol–water partition coefficient (Wildman–Crippen LogP) is 1.85. The molecule has 0 unspecified atom stereocenters. The molecular weight excluding hydrogens is 324 g/mol. The van der Waals surface area contributed by atoms with E-state index in [1.165, 1.54) is 14.1 Å². The molecule has 1 aliphatic rings. The van der Waals surface area contributed by atoms with Crippen molar-refractivity contribution in [2.45, 2.75) is 6.42 Å². The first-order valence-electron chi connectivity index (χ1n) is 6.93. The van der Waals surface area contributed by atoms with Gasteiger partial charge in [-0.05, 0) is 23.6 Å². The summed E-state index contributed by atoms with van der Waals surface area (Å²) in [5.74, 6) is -0.863. The van der Waals surface area contributed by atoms with Crippen LogP contribution < -0.4 is 0 Å². The van der Waals surface area contributed by atoms with Gasteiger partial charge in [0.25, 0.3) is 0 Å². The molecule has 5 nitrogen and oxygen atoms in total. The van der Waals surface area contributed by atoms with E-state index < -0.39 is 15.8 Å². The lowest BCUT2D eigenvalue weighted by molar-refractivity contribution is -0.128. The van der Waals surface area contributed by atoms with E-state index >= 15 is 0 Å². The van der Waals surface area contributed by atoms with Crippen LogP contribution >= 0.6 is 11.6 Å².